The van der Waals surface area contributed by atoms with Crippen molar-refractivity contribution in [2.45, 2.75) is 19.6 Å². The quantitative estimate of drug-likeness (QED) is 0.759. The van der Waals surface area contributed by atoms with E-state index in [9.17, 15) is 0 Å². The molecule has 0 saturated heterocycles. The van der Waals surface area contributed by atoms with Crippen LogP contribution in [0.15, 0.2) is 6.20 Å². The molecule has 0 spiro atoms. The summed E-state index contributed by atoms with van der Waals surface area (Å²) in [7, 11) is 0. The summed E-state index contributed by atoms with van der Waals surface area (Å²) in [5.74, 6) is 0. The van der Waals surface area contributed by atoms with Crippen LogP contribution in [0.25, 0.3) is 0 Å². The lowest BCUT2D eigenvalue weighted by atomic mass is 10.4. The first-order chi connectivity index (χ1) is 5.36. The number of nitrogens with two attached hydrogens (primary N) is 1. The van der Waals surface area contributed by atoms with Crippen molar-refractivity contribution in [1.82, 2.24) is 15.0 Å². The van der Waals surface area contributed by atoms with Crippen LogP contribution in [0.2, 0.25) is 0 Å². The molecule has 1 rings (SSSR count). The molecule has 0 aliphatic carbocycles. The Balaban J connectivity index is 0. The number of hydrogen-bond acceptors (Lipinski definition) is 4. The molecule has 0 aromatic carbocycles. The van der Waals surface area contributed by atoms with Gasteiger partial charge in [0.2, 0.25) is 0 Å². The number of aliphatic hydroxyl groups excluding tert-OH is 1. The van der Waals surface area contributed by atoms with Gasteiger partial charge in [-0.3, -0.25) is 4.68 Å². The van der Waals surface area contributed by atoms with Crippen LogP contribution in [0.1, 0.15) is 12.1 Å². The predicted molar refractivity (Wildman–Crippen MR) is 54.1 cm³/mol. The predicted octanol–water partition coefficient (Wildman–Crippen LogP) is -0.0372. The Morgan fingerprint density at radius 2 is 2.15 bits per heavy atom. The number of nitrogens with zero attached hydrogens (tertiary/aromatic N) is 3. The van der Waals surface area contributed by atoms with E-state index in [1.807, 2.05) is 0 Å². The molecule has 3 N–H and O–H groups in total. The summed E-state index contributed by atoms with van der Waals surface area (Å²) in [5, 5.41) is 16.1. The third kappa shape index (κ3) is 5.05. The highest BCUT2D eigenvalue weighted by molar-refractivity contribution is 5.85. The van der Waals surface area contributed by atoms with Gasteiger partial charge in [0.15, 0.2) is 0 Å². The molecular formula is C6H14Cl2N4O. The first-order valence-electron chi connectivity index (χ1n) is 3.56. The molecular weight excluding hydrogens is 215 g/mol. The fraction of sp³-hybridized carbons (Fsp3) is 0.667. The first kappa shape index (κ1) is 15.1. The van der Waals surface area contributed by atoms with Crippen LogP contribution in [-0.2, 0) is 13.2 Å². The van der Waals surface area contributed by atoms with Gasteiger partial charge in [-0.2, -0.15) is 0 Å². The number of aryl methyl sites for hydroxylation is 1. The van der Waals surface area contributed by atoms with Gasteiger partial charge in [0.05, 0.1) is 12.8 Å². The van der Waals surface area contributed by atoms with Gasteiger partial charge in [-0.05, 0) is 13.0 Å². The second-order valence-electron chi connectivity index (χ2n) is 2.27. The Morgan fingerprint density at radius 3 is 2.62 bits per heavy atom. The second-order valence-corrected chi connectivity index (χ2v) is 2.27. The summed E-state index contributed by atoms with van der Waals surface area (Å²) >= 11 is 0. The van der Waals surface area contributed by atoms with Gasteiger partial charge in [0.1, 0.15) is 5.69 Å². The van der Waals surface area contributed by atoms with Crippen molar-refractivity contribution in [3.05, 3.63) is 11.9 Å². The molecule has 0 atom stereocenters. The van der Waals surface area contributed by atoms with Crippen LogP contribution >= 0.6 is 24.8 Å². The molecule has 13 heavy (non-hydrogen) atoms. The lowest BCUT2D eigenvalue weighted by Crippen LogP contribution is -2.06. The van der Waals surface area contributed by atoms with Crippen LogP contribution in [-0.4, -0.2) is 26.6 Å². The zero-order valence-electron chi connectivity index (χ0n) is 7.09. The van der Waals surface area contributed by atoms with Crippen LogP contribution < -0.4 is 5.73 Å². The summed E-state index contributed by atoms with van der Waals surface area (Å²) in [6.45, 7) is 1.36. The van der Waals surface area contributed by atoms with Crippen molar-refractivity contribution in [2.24, 2.45) is 5.73 Å². The average Bonchev–Trinajstić information content (AvgIpc) is 2.48. The molecule has 0 fully saturated rings. The van der Waals surface area contributed by atoms with E-state index in [0.29, 0.717) is 12.2 Å². The second kappa shape index (κ2) is 8.25. The Kier molecular flexibility index (Phi) is 9.60. The zero-order chi connectivity index (χ0) is 8.10. The zero-order valence-corrected chi connectivity index (χ0v) is 8.72. The third-order valence-electron chi connectivity index (χ3n) is 1.34. The van der Waals surface area contributed by atoms with E-state index < -0.39 is 0 Å². The van der Waals surface area contributed by atoms with Crippen molar-refractivity contribution >= 4 is 24.8 Å². The van der Waals surface area contributed by atoms with Crippen molar-refractivity contribution in [3.8, 4) is 0 Å². The number of aromatic nitrogens is 3. The van der Waals surface area contributed by atoms with Gasteiger partial charge in [-0.25, -0.2) is 0 Å². The molecule has 1 aromatic heterocycles. The Morgan fingerprint density at radius 1 is 1.46 bits per heavy atom. The molecule has 0 bridgehead atoms. The van der Waals surface area contributed by atoms with E-state index in [4.69, 9.17) is 10.8 Å². The molecule has 5 nitrogen and oxygen atoms in total. The maximum absolute atomic E-state index is 8.64. The standard InChI is InChI=1S/C6H12N4O.2ClH/c7-2-1-3-10-4-6(5-11)8-9-10;;/h4,11H,1-3,5,7H2;2*1H. The van der Waals surface area contributed by atoms with Gasteiger partial charge in [-0.1, -0.05) is 5.21 Å². The molecule has 7 heteroatoms. The van der Waals surface area contributed by atoms with E-state index in [1.54, 1.807) is 10.9 Å². The highest BCUT2D eigenvalue weighted by Gasteiger charge is 1.96. The van der Waals surface area contributed by atoms with Crippen LogP contribution in [0.3, 0.4) is 0 Å². The molecule has 0 radical (unpaired) electrons. The van der Waals surface area contributed by atoms with Crippen LogP contribution in [0.5, 0.6) is 0 Å². The van der Waals surface area contributed by atoms with Crippen molar-refractivity contribution in [2.75, 3.05) is 6.54 Å². The summed E-state index contributed by atoms with van der Waals surface area (Å²) in [6.07, 6.45) is 2.60. The maximum Gasteiger partial charge on any atom is 0.108 e. The van der Waals surface area contributed by atoms with Crippen molar-refractivity contribution < 1.29 is 5.11 Å². The lowest BCUT2D eigenvalue weighted by molar-refractivity contribution is 0.276. The van der Waals surface area contributed by atoms with Crippen molar-refractivity contribution in [3.63, 3.8) is 0 Å². The van der Waals surface area contributed by atoms with E-state index in [1.165, 1.54) is 0 Å². The topological polar surface area (TPSA) is 77.0 Å². The molecule has 1 heterocycles. The summed E-state index contributed by atoms with van der Waals surface area (Å²) in [6, 6.07) is 0. The smallest absolute Gasteiger partial charge is 0.108 e. The SMILES string of the molecule is Cl.Cl.NCCCn1cc(CO)nn1. The lowest BCUT2D eigenvalue weighted by Gasteiger charge is -1.94. The molecule has 0 unspecified atom stereocenters. The molecule has 0 saturated carbocycles. The van der Waals surface area contributed by atoms with Gasteiger partial charge < -0.3 is 10.8 Å². The fourth-order valence-electron chi connectivity index (χ4n) is 0.774. The fourth-order valence-corrected chi connectivity index (χ4v) is 0.774. The minimum Gasteiger partial charge on any atom is -0.390 e. The molecule has 0 aliphatic rings. The number of hydrogen-bond donors (Lipinski definition) is 2. The number of rotatable bonds is 4. The van der Waals surface area contributed by atoms with Crippen LogP contribution in [0, 0.1) is 0 Å². The Labute approximate surface area is 89.1 Å². The highest BCUT2D eigenvalue weighted by Crippen LogP contribution is 1.92. The largest absolute Gasteiger partial charge is 0.390 e. The minimum atomic E-state index is -0.0530. The Hall–Kier alpha value is -0.360. The van der Waals surface area contributed by atoms with E-state index in [2.05, 4.69) is 10.3 Å². The highest BCUT2D eigenvalue weighted by atomic mass is 35.5. The molecule has 78 valence electrons. The van der Waals surface area contributed by atoms with E-state index >= 15 is 0 Å². The summed E-state index contributed by atoms with van der Waals surface area (Å²) in [4.78, 5) is 0. The molecule has 0 amide bonds. The maximum atomic E-state index is 8.64. The normalized spacial score (nSPS) is 8.77. The number of aliphatic hydroxyl groups is 1. The molecule has 1 aromatic rings. The molecule has 0 aliphatic heterocycles. The van der Waals surface area contributed by atoms with Gasteiger partial charge >= 0.3 is 0 Å². The van der Waals surface area contributed by atoms with Gasteiger partial charge in [0, 0.05) is 6.54 Å². The minimum absolute atomic E-state index is 0. The van der Waals surface area contributed by atoms with Crippen LogP contribution in [0.4, 0.5) is 0 Å². The van der Waals surface area contributed by atoms with E-state index in [0.717, 1.165) is 13.0 Å². The summed E-state index contributed by atoms with van der Waals surface area (Å²) < 4.78 is 1.68. The Bertz CT molecular complexity index is 218. The van der Waals surface area contributed by atoms with Crippen molar-refractivity contribution in [1.29, 1.82) is 0 Å². The van der Waals surface area contributed by atoms with Gasteiger partial charge in [-0.15, -0.1) is 29.9 Å². The van der Waals surface area contributed by atoms with E-state index in [-0.39, 0.29) is 31.4 Å². The monoisotopic (exact) mass is 228 g/mol. The van der Waals surface area contributed by atoms with Gasteiger partial charge in [0.25, 0.3) is 0 Å². The number of halogens is 2. The first-order valence-corrected chi connectivity index (χ1v) is 3.56. The third-order valence-corrected chi connectivity index (χ3v) is 1.34. The summed E-state index contributed by atoms with van der Waals surface area (Å²) in [5.41, 5.74) is 5.90. The average molecular weight is 229 g/mol.